The number of hydrogen-bond acceptors (Lipinski definition) is 2. The molecule has 1 aliphatic carbocycles. The lowest BCUT2D eigenvalue weighted by molar-refractivity contribution is -0.149. The molecule has 0 atom stereocenters. The molecule has 2 N–H and O–H groups in total. The molecule has 0 unspecified atom stereocenters. The van der Waals surface area contributed by atoms with Crippen LogP contribution in [0.1, 0.15) is 38.5 Å². The molecule has 0 bridgehead atoms. The van der Waals surface area contributed by atoms with Gasteiger partial charge in [0.25, 0.3) is 0 Å². The van der Waals surface area contributed by atoms with Crippen molar-refractivity contribution in [3.05, 3.63) is 25.3 Å². The van der Waals surface area contributed by atoms with Gasteiger partial charge < -0.3 is 15.3 Å². The molecule has 5 nitrogen and oxygen atoms in total. The molecule has 0 aromatic rings. The Bertz CT molecular complexity index is 375. The van der Waals surface area contributed by atoms with Crippen LogP contribution in [-0.4, -0.2) is 41.6 Å². The van der Waals surface area contributed by atoms with E-state index in [-0.39, 0.29) is 12.6 Å². The highest BCUT2D eigenvalue weighted by Crippen LogP contribution is 2.34. The second kappa shape index (κ2) is 8.49. The Morgan fingerprint density at radius 2 is 1.62 bits per heavy atom. The predicted molar refractivity (Wildman–Crippen MR) is 83.1 cm³/mol. The van der Waals surface area contributed by atoms with E-state index in [1.165, 1.54) is 0 Å². The van der Waals surface area contributed by atoms with E-state index in [0.717, 1.165) is 25.7 Å². The molecule has 0 aromatic heterocycles. The summed E-state index contributed by atoms with van der Waals surface area (Å²) in [5, 5.41) is 12.4. The zero-order valence-electron chi connectivity index (χ0n) is 12.6. The third-order valence-electron chi connectivity index (χ3n) is 4.08. The summed E-state index contributed by atoms with van der Waals surface area (Å²) in [6.07, 6.45) is 8.50. The lowest BCUT2D eigenvalue weighted by atomic mass is 9.80. The van der Waals surface area contributed by atoms with Gasteiger partial charge in [0, 0.05) is 19.6 Å². The smallest absolute Gasteiger partial charge is 0.317 e. The number of rotatable bonds is 7. The van der Waals surface area contributed by atoms with Gasteiger partial charge >= 0.3 is 12.0 Å². The Balaban J connectivity index is 2.67. The van der Waals surface area contributed by atoms with Crippen LogP contribution in [0.4, 0.5) is 4.79 Å². The SMILES string of the molecule is C=CCN(CC=C)C(=O)NCC1(C(=O)O)CCCCCC1. The van der Waals surface area contributed by atoms with Gasteiger partial charge in [-0.1, -0.05) is 37.8 Å². The molecule has 0 heterocycles. The van der Waals surface area contributed by atoms with Crippen LogP contribution in [0.3, 0.4) is 0 Å². The van der Waals surface area contributed by atoms with E-state index in [4.69, 9.17) is 0 Å². The molecule has 5 heteroatoms. The highest BCUT2D eigenvalue weighted by atomic mass is 16.4. The molecule has 1 saturated carbocycles. The van der Waals surface area contributed by atoms with Crippen LogP contribution < -0.4 is 5.32 Å². The fraction of sp³-hybridized carbons (Fsp3) is 0.625. The molecule has 0 saturated heterocycles. The number of nitrogens with one attached hydrogen (secondary N) is 1. The number of carboxylic acids is 1. The maximum Gasteiger partial charge on any atom is 0.317 e. The topological polar surface area (TPSA) is 69.6 Å². The number of carbonyl (C=O) groups excluding carboxylic acids is 1. The summed E-state index contributed by atoms with van der Waals surface area (Å²) in [6, 6.07) is -0.264. The first kappa shape index (κ1) is 17.3. The molecule has 0 spiro atoms. The van der Waals surface area contributed by atoms with Crippen LogP contribution in [0.5, 0.6) is 0 Å². The van der Waals surface area contributed by atoms with Gasteiger partial charge in [0.2, 0.25) is 0 Å². The number of hydrogen-bond donors (Lipinski definition) is 2. The van der Waals surface area contributed by atoms with Crippen molar-refractivity contribution in [2.45, 2.75) is 38.5 Å². The quantitative estimate of drug-likeness (QED) is 0.560. The third kappa shape index (κ3) is 4.92. The van der Waals surface area contributed by atoms with E-state index in [9.17, 15) is 14.7 Å². The van der Waals surface area contributed by atoms with Crippen molar-refractivity contribution in [2.24, 2.45) is 5.41 Å². The Morgan fingerprint density at radius 3 is 2.05 bits per heavy atom. The average molecular weight is 294 g/mol. The molecule has 21 heavy (non-hydrogen) atoms. The summed E-state index contributed by atoms with van der Waals surface area (Å²) in [6.45, 7) is 8.25. The van der Waals surface area contributed by atoms with Gasteiger partial charge in [0.05, 0.1) is 5.41 Å². The van der Waals surface area contributed by atoms with Crippen molar-refractivity contribution in [2.75, 3.05) is 19.6 Å². The predicted octanol–water partition coefficient (Wildman–Crippen LogP) is 2.80. The van der Waals surface area contributed by atoms with E-state index < -0.39 is 11.4 Å². The van der Waals surface area contributed by atoms with E-state index in [1.807, 2.05) is 0 Å². The second-order valence-corrected chi connectivity index (χ2v) is 5.64. The van der Waals surface area contributed by atoms with Crippen molar-refractivity contribution < 1.29 is 14.7 Å². The number of nitrogens with zero attached hydrogens (tertiary/aromatic N) is 1. The molecule has 0 aromatic carbocycles. The fourth-order valence-electron chi connectivity index (χ4n) is 2.78. The Kier molecular flexibility index (Phi) is 6.99. The monoisotopic (exact) mass is 294 g/mol. The normalized spacial score (nSPS) is 17.3. The summed E-state index contributed by atoms with van der Waals surface area (Å²) in [5.41, 5.74) is -0.819. The molecular weight excluding hydrogens is 268 g/mol. The summed E-state index contributed by atoms with van der Waals surface area (Å²) < 4.78 is 0. The zero-order chi connectivity index (χ0) is 15.7. The van der Waals surface area contributed by atoms with Crippen molar-refractivity contribution in [3.8, 4) is 0 Å². The highest BCUT2D eigenvalue weighted by molar-refractivity contribution is 5.78. The first-order valence-corrected chi connectivity index (χ1v) is 7.54. The summed E-state index contributed by atoms with van der Waals surface area (Å²) in [5.74, 6) is -0.802. The van der Waals surface area contributed by atoms with E-state index >= 15 is 0 Å². The number of amides is 2. The third-order valence-corrected chi connectivity index (χ3v) is 4.08. The zero-order valence-corrected chi connectivity index (χ0v) is 12.6. The minimum atomic E-state index is -0.819. The molecule has 2 amide bonds. The number of urea groups is 1. The van der Waals surface area contributed by atoms with Crippen LogP contribution in [0.2, 0.25) is 0 Å². The Labute approximate surface area is 126 Å². The van der Waals surface area contributed by atoms with E-state index in [2.05, 4.69) is 18.5 Å². The molecule has 118 valence electrons. The van der Waals surface area contributed by atoms with E-state index in [0.29, 0.717) is 25.9 Å². The lowest BCUT2D eigenvalue weighted by Crippen LogP contribution is -2.47. The van der Waals surface area contributed by atoms with E-state index in [1.54, 1.807) is 17.1 Å². The standard InChI is InChI=1S/C16H26N2O3/c1-3-11-18(12-4-2)15(21)17-13-16(14(19)20)9-7-5-6-8-10-16/h3-4H,1-2,5-13H2,(H,17,21)(H,19,20). The minimum absolute atomic E-state index is 0.186. The summed E-state index contributed by atoms with van der Waals surface area (Å²) in [7, 11) is 0. The molecule has 0 aliphatic heterocycles. The van der Waals surface area contributed by atoms with Crippen LogP contribution in [0.15, 0.2) is 25.3 Å². The first-order chi connectivity index (χ1) is 10.1. The number of aliphatic carboxylic acids is 1. The largest absolute Gasteiger partial charge is 0.481 e. The number of carbonyl (C=O) groups is 2. The fourth-order valence-corrected chi connectivity index (χ4v) is 2.78. The number of carboxylic acid groups (broad SMARTS) is 1. The maximum atomic E-state index is 12.1. The Morgan fingerprint density at radius 1 is 1.10 bits per heavy atom. The molecule has 1 rings (SSSR count). The van der Waals surface area contributed by atoms with Crippen molar-refractivity contribution in [3.63, 3.8) is 0 Å². The van der Waals surface area contributed by atoms with Crippen molar-refractivity contribution in [1.29, 1.82) is 0 Å². The highest BCUT2D eigenvalue weighted by Gasteiger charge is 2.39. The van der Waals surface area contributed by atoms with Gasteiger partial charge in [-0.25, -0.2) is 4.79 Å². The van der Waals surface area contributed by atoms with Gasteiger partial charge in [-0.15, -0.1) is 13.2 Å². The van der Waals surface area contributed by atoms with Crippen molar-refractivity contribution in [1.82, 2.24) is 10.2 Å². The minimum Gasteiger partial charge on any atom is -0.481 e. The van der Waals surface area contributed by atoms with Gasteiger partial charge in [-0.3, -0.25) is 4.79 Å². The second-order valence-electron chi connectivity index (χ2n) is 5.64. The molecule has 0 radical (unpaired) electrons. The summed E-state index contributed by atoms with van der Waals surface area (Å²) in [4.78, 5) is 25.4. The maximum absolute atomic E-state index is 12.1. The molecule has 1 fully saturated rings. The Hall–Kier alpha value is -1.78. The van der Waals surface area contributed by atoms with Gasteiger partial charge in [0.15, 0.2) is 0 Å². The van der Waals surface area contributed by atoms with Crippen LogP contribution in [0, 0.1) is 5.41 Å². The van der Waals surface area contributed by atoms with Gasteiger partial charge in [-0.05, 0) is 12.8 Å². The molecular formula is C16H26N2O3. The average Bonchev–Trinajstić information content (AvgIpc) is 2.71. The van der Waals surface area contributed by atoms with Gasteiger partial charge in [0.1, 0.15) is 0 Å². The van der Waals surface area contributed by atoms with Crippen molar-refractivity contribution >= 4 is 12.0 Å². The first-order valence-electron chi connectivity index (χ1n) is 7.54. The van der Waals surface area contributed by atoms with Gasteiger partial charge in [-0.2, -0.15) is 0 Å². The van der Waals surface area contributed by atoms with Crippen LogP contribution in [-0.2, 0) is 4.79 Å². The summed E-state index contributed by atoms with van der Waals surface area (Å²) >= 11 is 0. The molecule has 1 aliphatic rings. The van der Waals surface area contributed by atoms with Crippen LogP contribution in [0.25, 0.3) is 0 Å². The lowest BCUT2D eigenvalue weighted by Gasteiger charge is -2.29. The van der Waals surface area contributed by atoms with Crippen LogP contribution >= 0.6 is 0 Å².